The summed E-state index contributed by atoms with van der Waals surface area (Å²) in [6, 6.07) is 16.0. The number of carbonyl (C=O) groups excluding carboxylic acids is 1. The number of amides is 1. The van der Waals surface area contributed by atoms with Gasteiger partial charge in [-0.05, 0) is 36.8 Å². The number of aryl methyl sites for hydroxylation is 1. The number of benzene rings is 2. The molecule has 3 rings (SSSR count). The van der Waals surface area contributed by atoms with Gasteiger partial charge >= 0.3 is 0 Å². The van der Waals surface area contributed by atoms with Crippen LogP contribution in [0.25, 0.3) is 0 Å². The number of non-ortho nitro benzene ring substituents is 1. The summed E-state index contributed by atoms with van der Waals surface area (Å²) in [5.74, 6) is -0.554. The molecule has 1 N–H and O–H groups in total. The molecule has 1 heterocycles. The van der Waals surface area contributed by atoms with E-state index in [2.05, 4.69) is 5.32 Å². The van der Waals surface area contributed by atoms with Gasteiger partial charge in [0.05, 0.1) is 4.92 Å². The molecular formula is C20H17N3O5. The summed E-state index contributed by atoms with van der Waals surface area (Å²) in [6.07, 6.45) is 1.38. The van der Waals surface area contributed by atoms with Crippen molar-refractivity contribution in [1.29, 1.82) is 0 Å². The average molecular weight is 379 g/mol. The van der Waals surface area contributed by atoms with Gasteiger partial charge in [0, 0.05) is 24.0 Å². The van der Waals surface area contributed by atoms with Gasteiger partial charge in [0.2, 0.25) is 0 Å². The third-order valence-electron chi connectivity index (χ3n) is 3.96. The van der Waals surface area contributed by atoms with Crippen molar-refractivity contribution in [2.24, 2.45) is 0 Å². The summed E-state index contributed by atoms with van der Waals surface area (Å²) in [5.41, 5.74) is 1.37. The smallest absolute Gasteiger partial charge is 0.295 e. The van der Waals surface area contributed by atoms with Gasteiger partial charge in [0.15, 0.2) is 0 Å². The first-order valence-electron chi connectivity index (χ1n) is 8.40. The van der Waals surface area contributed by atoms with Gasteiger partial charge < -0.3 is 10.2 Å². The summed E-state index contributed by atoms with van der Waals surface area (Å²) in [4.78, 5) is 40.7. The lowest BCUT2D eigenvalue weighted by molar-refractivity contribution is -0.384. The van der Waals surface area contributed by atoms with Gasteiger partial charge in [-0.25, -0.2) is 0 Å². The number of nitro groups is 1. The number of aromatic nitrogens is 1. The molecule has 0 atom stereocenters. The Morgan fingerprint density at radius 2 is 1.89 bits per heavy atom. The first-order chi connectivity index (χ1) is 13.4. The fraction of sp³-hybridized carbons (Fsp3) is 0.100. The maximum Gasteiger partial charge on any atom is 0.295 e. The Morgan fingerprint density at radius 3 is 2.61 bits per heavy atom. The number of hydrogen-bond acceptors (Lipinski definition) is 5. The van der Waals surface area contributed by atoms with E-state index in [1.807, 2.05) is 19.1 Å². The molecule has 0 saturated heterocycles. The van der Waals surface area contributed by atoms with Crippen LogP contribution in [0.3, 0.4) is 0 Å². The highest BCUT2D eigenvalue weighted by molar-refractivity contribution is 6.03. The van der Waals surface area contributed by atoms with E-state index in [1.54, 1.807) is 18.2 Å². The van der Waals surface area contributed by atoms with Crippen molar-refractivity contribution >= 4 is 17.3 Å². The van der Waals surface area contributed by atoms with E-state index in [0.29, 0.717) is 11.3 Å². The molecule has 142 valence electrons. The molecule has 28 heavy (non-hydrogen) atoms. The molecule has 0 bridgehead atoms. The second-order valence-electron chi connectivity index (χ2n) is 6.07. The maximum absolute atomic E-state index is 12.5. The van der Waals surface area contributed by atoms with Gasteiger partial charge in [-0.2, -0.15) is 4.73 Å². The Bertz CT molecular complexity index is 1070. The fourth-order valence-corrected chi connectivity index (χ4v) is 2.49. The van der Waals surface area contributed by atoms with E-state index in [4.69, 9.17) is 4.84 Å². The maximum atomic E-state index is 12.5. The van der Waals surface area contributed by atoms with Crippen LogP contribution in [0, 0.1) is 17.0 Å². The van der Waals surface area contributed by atoms with Gasteiger partial charge in [0.1, 0.15) is 12.2 Å². The van der Waals surface area contributed by atoms with Crippen molar-refractivity contribution in [2.45, 2.75) is 13.5 Å². The normalized spacial score (nSPS) is 10.3. The highest BCUT2D eigenvalue weighted by Gasteiger charge is 2.13. The van der Waals surface area contributed by atoms with Crippen molar-refractivity contribution in [2.75, 3.05) is 5.32 Å². The van der Waals surface area contributed by atoms with Gasteiger partial charge in [-0.1, -0.05) is 29.8 Å². The van der Waals surface area contributed by atoms with Crippen LogP contribution < -0.4 is 15.7 Å². The minimum absolute atomic E-state index is 0.0649. The second-order valence-corrected chi connectivity index (χ2v) is 6.07. The molecule has 0 radical (unpaired) electrons. The summed E-state index contributed by atoms with van der Waals surface area (Å²) in [5, 5.41) is 13.5. The summed E-state index contributed by atoms with van der Waals surface area (Å²) >= 11 is 0. The summed E-state index contributed by atoms with van der Waals surface area (Å²) < 4.78 is 0.933. The lowest BCUT2D eigenvalue weighted by Crippen LogP contribution is -2.32. The van der Waals surface area contributed by atoms with Crippen LogP contribution >= 0.6 is 0 Å². The van der Waals surface area contributed by atoms with Crippen LogP contribution in [-0.2, 0) is 6.61 Å². The number of hydrogen-bond donors (Lipinski definition) is 1. The Hall–Kier alpha value is -3.94. The van der Waals surface area contributed by atoms with Crippen molar-refractivity contribution in [3.05, 3.63) is 104 Å². The Kier molecular flexibility index (Phi) is 5.50. The number of pyridine rings is 1. The van der Waals surface area contributed by atoms with Crippen LogP contribution in [0.5, 0.6) is 0 Å². The van der Waals surface area contributed by atoms with Crippen LogP contribution in [-0.4, -0.2) is 15.6 Å². The highest BCUT2D eigenvalue weighted by atomic mass is 16.7. The summed E-state index contributed by atoms with van der Waals surface area (Å²) in [7, 11) is 0. The topological polar surface area (TPSA) is 103 Å². The molecule has 0 unspecified atom stereocenters. The molecule has 3 aromatic rings. The van der Waals surface area contributed by atoms with Crippen LogP contribution in [0.15, 0.2) is 71.7 Å². The molecular weight excluding hydrogens is 362 g/mol. The highest BCUT2D eigenvalue weighted by Crippen LogP contribution is 2.13. The van der Waals surface area contributed by atoms with E-state index in [1.165, 1.54) is 36.5 Å². The third-order valence-corrected chi connectivity index (χ3v) is 3.96. The molecule has 0 spiro atoms. The lowest BCUT2D eigenvalue weighted by Gasteiger charge is -2.10. The van der Waals surface area contributed by atoms with Gasteiger partial charge in [0.25, 0.3) is 17.2 Å². The quantitative estimate of drug-likeness (QED) is 0.524. The number of anilines is 1. The zero-order chi connectivity index (χ0) is 20.1. The minimum atomic E-state index is -0.627. The number of nitrogens with zero attached hydrogens (tertiary/aromatic N) is 2. The van der Waals surface area contributed by atoms with E-state index in [-0.39, 0.29) is 17.9 Å². The lowest BCUT2D eigenvalue weighted by atomic mass is 10.2. The van der Waals surface area contributed by atoms with Crippen LogP contribution in [0.4, 0.5) is 11.4 Å². The zero-order valence-electron chi connectivity index (χ0n) is 15.0. The molecule has 8 heteroatoms. The molecule has 1 amide bonds. The van der Waals surface area contributed by atoms with Gasteiger partial charge in [-0.15, -0.1) is 0 Å². The molecule has 0 aliphatic heterocycles. The first-order valence-corrected chi connectivity index (χ1v) is 8.40. The molecule has 0 aliphatic rings. The predicted molar refractivity (Wildman–Crippen MR) is 103 cm³/mol. The van der Waals surface area contributed by atoms with E-state index in [0.717, 1.165) is 10.3 Å². The average Bonchev–Trinajstić information content (AvgIpc) is 2.69. The second kappa shape index (κ2) is 8.17. The van der Waals surface area contributed by atoms with Crippen molar-refractivity contribution in [3.63, 3.8) is 0 Å². The fourth-order valence-electron chi connectivity index (χ4n) is 2.49. The predicted octanol–water partition coefficient (Wildman–Crippen LogP) is 2.95. The number of nitrogens with one attached hydrogen (secondary N) is 1. The Labute approximate surface area is 160 Å². The SMILES string of the molecule is Cc1ccc(NC(=O)c2cccn(OCc3cccc([N+](=O)[O-])c3)c2=O)cc1. The molecule has 2 aromatic carbocycles. The Morgan fingerprint density at radius 1 is 1.14 bits per heavy atom. The molecule has 1 aromatic heterocycles. The standard InChI is InChI=1S/C20H17N3O5/c1-14-7-9-16(10-8-14)21-19(24)18-6-3-11-22(20(18)25)28-13-15-4-2-5-17(12-15)23(26)27/h2-12H,13H2,1H3,(H,21,24). The molecule has 8 nitrogen and oxygen atoms in total. The zero-order valence-corrected chi connectivity index (χ0v) is 15.0. The van der Waals surface area contributed by atoms with Crippen molar-refractivity contribution in [1.82, 2.24) is 4.73 Å². The molecule has 0 aliphatic carbocycles. The van der Waals surface area contributed by atoms with E-state index in [9.17, 15) is 19.7 Å². The van der Waals surface area contributed by atoms with Crippen LogP contribution in [0.2, 0.25) is 0 Å². The molecule has 0 saturated carbocycles. The van der Waals surface area contributed by atoms with Crippen LogP contribution in [0.1, 0.15) is 21.5 Å². The first kappa shape index (κ1) is 18.8. The van der Waals surface area contributed by atoms with Gasteiger partial charge in [-0.3, -0.25) is 19.7 Å². The van der Waals surface area contributed by atoms with E-state index >= 15 is 0 Å². The molecule has 0 fully saturated rings. The number of nitro benzene ring substituents is 1. The monoisotopic (exact) mass is 379 g/mol. The number of rotatable bonds is 6. The largest absolute Gasteiger partial charge is 0.406 e. The van der Waals surface area contributed by atoms with Crippen molar-refractivity contribution < 1.29 is 14.6 Å². The Balaban J connectivity index is 1.74. The number of carbonyl (C=O) groups is 1. The summed E-state index contributed by atoms with van der Waals surface area (Å²) in [6.45, 7) is 1.87. The van der Waals surface area contributed by atoms with Crippen molar-refractivity contribution in [3.8, 4) is 0 Å². The minimum Gasteiger partial charge on any atom is -0.406 e. The van der Waals surface area contributed by atoms with E-state index < -0.39 is 16.4 Å². The third kappa shape index (κ3) is 4.42.